The molecule has 8 heteroatoms. The third kappa shape index (κ3) is 5.37. The third-order valence-electron chi connectivity index (χ3n) is 3.45. The highest BCUT2D eigenvalue weighted by Gasteiger charge is 2.26. The van der Waals surface area contributed by atoms with Gasteiger partial charge in [-0.05, 0) is 44.5 Å². The van der Waals surface area contributed by atoms with E-state index in [0.717, 1.165) is 5.56 Å². The number of amides is 2. The average molecular weight is 349 g/mol. The maximum absolute atomic E-state index is 12.1. The van der Waals surface area contributed by atoms with E-state index in [-0.39, 0.29) is 18.9 Å². The van der Waals surface area contributed by atoms with E-state index in [1.807, 2.05) is 0 Å². The SMILES string of the molecule is COC(=O)C[C@@H]1Nc2ccc(NC(=O)OC(C)(C)C)cc2CNC1=O. The number of benzene rings is 1. The van der Waals surface area contributed by atoms with Crippen LogP contribution in [0.15, 0.2) is 18.2 Å². The Morgan fingerprint density at radius 3 is 2.68 bits per heavy atom. The third-order valence-corrected chi connectivity index (χ3v) is 3.45. The van der Waals surface area contributed by atoms with Crippen molar-refractivity contribution in [1.29, 1.82) is 0 Å². The van der Waals surface area contributed by atoms with Gasteiger partial charge in [-0.25, -0.2) is 4.79 Å². The minimum absolute atomic E-state index is 0.0698. The predicted octanol–water partition coefficient (Wildman–Crippen LogP) is 2.01. The lowest BCUT2D eigenvalue weighted by molar-refractivity contribution is -0.142. The van der Waals surface area contributed by atoms with Crippen LogP contribution < -0.4 is 16.0 Å². The highest BCUT2D eigenvalue weighted by atomic mass is 16.6. The van der Waals surface area contributed by atoms with Crippen LogP contribution in [0.2, 0.25) is 0 Å². The first kappa shape index (κ1) is 18.6. The summed E-state index contributed by atoms with van der Waals surface area (Å²) in [6, 6.07) is 4.47. The van der Waals surface area contributed by atoms with E-state index in [2.05, 4.69) is 20.7 Å². The molecule has 25 heavy (non-hydrogen) atoms. The predicted molar refractivity (Wildman–Crippen MR) is 92.2 cm³/mol. The molecule has 2 rings (SSSR count). The summed E-state index contributed by atoms with van der Waals surface area (Å²) in [6.07, 6.45) is -0.624. The highest BCUT2D eigenvalue weighted by molar-refractivity contribution is 5.91. The summed E-state index contributed by atoms with van der Waals surface area (Å²) in [4.78, 5) is 35.4. The van der Waals surface area contributed by atoms with Gasteiger partial charge in [-0.2, -0.15) is 0 Å². The largest absolute Gasteiger partial charge is 0.469 e. The van der Waals surface area contributed by atoms with Crippen LogP contribution in [-0.4, -0.2) is 36.7 Å². The Balaban J connectivity index is 2.11. The van der Waals surface area contributed by atoms with Crippen LogP contribution in [0.1, 0.15) is 32.8 Å². The van der Waals surface area contributed by atoms with E-state index in [0.29, 0.717) is 11.4 Å². The quantitative estimate of drug-likeness (QED) is 0.721. The molecule has 0 saturated carbocycles. The molecule has 0 radical (unpaired) electrons. The van der Waals surface area contributed by atoms with E-state index in [1.54, 1.807) is 39.0 Å². The van der Waals surface area contributed by atoms with Crippen LogP contribution in [-0.2, 0) is 25.6 Å². The van der Waals surface area contributed by atoms with Gasteiger partial charge in [0.1, 0.15) is 11.6 Å². The molecule has 2 amide bonds. The topological polar surface area (TPSA) is 106 Å². The number of rotatable bonds is 3. The molecule has 0 fully saturated rings. The van der Waals surface area contributed by atoms with Crippen molar-refractivity contribution in [3.63, 3.8) is 0 Å². The Bertz CT molecular complexity index is 681. The van der Waals surface area contributed by atoms with Crippen molar-refractivity contribution in [2.75, 3.05) is 17.7 Å². The molecule has 0 unspecified atom stereocenters. The monoisotopic (exact) mass is 349 g/mol. The lowest BCUT2D eigenvalue weighted by Crippen LogP contribution is -2.38. The van der Waals surface area contributed by atoms with E-state index >= 15 is 0 Å². The van der Waals surface area contributed by atoms with Gasteiger partial charge >= 0.3 is 12.1 Å². The number of carbonyl (C=O) groups excluding carboxylic acids is 3. The summed E-state index contributed by atoms with van der Waals surface area (Å²) in [5.74, 6) is -0.762. The molecule has 1 atom stereocenters. The Hall–Kier alpha value is -2.77. The zero-order valence-electron chi connectivity index (χ0n) is 14.8. The molecule has 0 aromatic heterocycles. The van der Waals surface area contributed by atoms with Crippen molar-refractivity contribution >= 4 is 29.3 Å². The molecule has 0 bridgehead atoms. The van der Waals surface area contributed by atoms with Gasteiger partial charge in [0.2, 0.25) is 5.91 Å². The summed E-state index contributed by atoms with van der Waals surface area (Å²) in [7, 11) is 1.28. The number of ether oxygens (including phenoxy) is 2. The summed E-state index contributed by atoms with van der Waals surface area (Å²) in [5, 5.41) is 8.44. The first-order chi connectivity index (χ1) is 11.7. The lowest BCUT2D eigenvalue weighted by atomic mass is 10.1. The fourth-order valence-electron chi connectivity index (χ4n) is 2.33. The molecule has 3 N–H and O–H groups in total. The van der Waals surface area contributed by atoms with Crippen LogP contribution in [0.5, 0.6) is 0 Å². The van der Waals surface area contributed by atoms with E-state index in [9.17, 15) is 14.4 Å². The molecule has 0 aliphatic carbocycles. The van der Waals surface area contributed by atoms with Gasteiger partial charge in [-0.1, -0.05) is 0 Å². The van der Waals surface area contributed by atoms with Crippen molar-refractivity contribution in [2.45, 2.75) is 45.4 Å². The summed E-state index contributed by atoms with van der Waals surface area (Å²) >= 11 is 0. The number of carbonyl (C=O) groups is 3. The maximum atomic E-state index is 12.1. The molecule has 1 aromatic rings. The normalized spacial score (nSPS) is 16.6. The Labute approximate surface area is 146 Å². The zero-order chi connectivity index (χ0) is 18.6. The van der Waals surface area contributed by atoms with Gasteiger partial charge in [0.15, 0.2) is 0 Å². The maximum Gasteiger partial charge on any atom is 0.412 e. The Kier molecular flexibility index (Phi) is 5.51. The van der Waals surface area contributed by atoms with E-state index in [4.69, 9.17) is 4.74 Å². The molecule has 1 aromatic carbocycles. The van der Waals surface area contributed by atoms with Crippen LogP contribution in [0, 0.1) is 0 Å². The van der Waals surface area contributed by atoms with Gasteiger partial charge in [0.05, 0.1) is 13.5 Å². The fraction of sp³-hybridized carbons (Fsp3) is 0.471. The van der Waals surface area contributed by atoms with Gasteiger partial charge in [0, 0.05) is 17.9 Å². The second-order valence-electron chi connectivity index (χ2n) is 6.69. The average Bonchev–Trinajstić information content (AvgIpc) is 2.65. The number of esters is 1. The number of anilines is 2. The van der Waals surface area contributed by atoms with Crippen LogP contribution in [0.4, 0.5) is 16.2 Å². The van der Waals surface area contributed by atoms with Gasteiger partial charge in [-0.3, -0.25) is 14.9 Å². The van der Waals surface area contributed by atoms with Gasteiger partial charge in [0.25, 0.3) is 0 Å². The first-order valence-corrected chi connectivity index (χ1v) is 7.92. The second kappa shape index (κ2) is 7.42. The molecular weight excluding hydrogens is 326 g/mol. The van der Waals surface area contributed by atoms with E-state index < -0.39 is 23.7 Å². The van der Waals surface area contributed by atoms with Crippen LogP contribution in [0.3, 0.4) is 0 Å². The van der Waals surface area contributed by atoms with Crippen molar-refractivity contribution in [3.8, 4) is 0 Å². The lowest BCUT2D eigenvalue weighted by Gasteiger charge is -2.20. The number of nitrogens with one attached hydrogen (secondary N) is 3. The van der Waals surface area contributed by atoms with Crippen molar-refractivity contribution in [1.82, 2.24) is 5.32 Å². The van der Waals surface area contributed by atoms with Crippen LogP contribution >= 0.6 is 0 Å². The number of fused-ring (bicyclic) bond motifs is 1. The second-order valence-corrected chi connectivity index (χ2v) is 6.69. The van der Waals surface area contributed by atoms with Crippen molar-refractivity contribution < 1.29 is 23.9 Å². The molecular formula is C17H23N3O5. The molecule has 1 aliphatic rings. The minimum Gasteiger partial charge on any atom is -0.469 e. The molecule has 0 spiro atoms. The molecule has 0 saturated heterocycles. The smallest absolute Gasteiger partial charge is 0.412 e. The molecule has 1 heterocycles. The van der Waals surface area contributed by atoms with Gasteiger partial charge in [-0.15, -0.1) is 0 Å². The molecule has 136 valence electrons. The summed E-state index contributed by atoms with van der Waals surface area (Å²) in [6.45, 7) is 5.63. The minimum atomic E-state index is -0.710. The standard InChI is InChI=1S/C17H23N3O5/c1-17(2,3)25-16(23)19-11-5-6-12-10(7-11)9-18-15(22)13(20-12)8-14(21)24-4/h5-7,13,20H,8-9H2,1-4H3,(H,18,22)(H,19,23)/t13-/m0/s1. The van der Waals surface area contributed by atoms with Crippen molar-refractivity contribution in [3.05, 3.63) is 23.8 Å². The molecule has 8 nitrogen and oxygen atoms in total. The van der Waals surface area contributed by atoms with Crippen LogP contribution in [0.25, 0.3) is 0 Å². The van der Waals surface area contributed by atoms with Crippen molar-refractivity contribution in [2.24, 2.45) is 0 Å². The molecule has 1 aliphatic heterocycles. The Morgan fingerprint density at radius 2 is 2.04 bits per heavy atom. The van der Waals surface area contributed by atoms with E-state index in [1.165, 1.54) is 7.11 Å². The number of hydrogen-bond acceptors (Lipinski definition) is 6. The zero-order valence-corrected chi connectivity index (χ0v) is 14.8. The van der Waals surface area contributed by atoms with Gasteiger partial charge < -0.3 is 20.1 Å². The highest BCUT2D eigenvalue weighted by Crippen LogP contribution is 2.24. The summed E-state index contributed by atoms with van der Waals surface area (Å²) < 4.78 is 9.83. The fourth-order valence-corrected chi connectivity index (χ4v) is 2.33. The summed E-state index contributed by atoms with van der Waals surface area (Å²) in [5.41, 5.74) is 1.46. The Morgan fingerprint density at radius 1 is 1.32 bits per heavy atom. The first-order valence-electron chi connectivity index (χ1n) is 7.92. The number of methoxy groups -OCH3 is 1. The number of hydrogen-bond donors (Lipinski definition) is 3.